The van der Waals surface area contributed by atoms with Gasteiger partial charge in [0.25, 0.3) is 0 Å². The summed E-state index contributed by atoms with van der Waals surface area (Å²) >= 11 is 0. The van der Waals surface area contributed by atoms with E-state index in [-0.39, 0.29) is 6.04 Å². The zero-order valence-corrected chi connectivity index (χ0v) is 7.23. The van der Waals surface area contributed by atoms with Crippen LogP contribution in [0.2, 0.25) is 0 Å². The number of esters is 1. The number of dihydropyridines is 1. The number of hydrogen-bond donors (Lipinski definition) is 1. The van der Waals surface area contributed by atoms with Crippen LogP contribution in [0.5, 0.6) is 0 Å². The number of methoxy groups -OCH3 is 1. The van der Waals surface area contributed by atoms with Crippen molar-refractivity contribution in [1.29, 1.82) is 5.26 Å². The van der Waals surface area contributed by atoms with Gasteiger partial charge < -0.3 is 10.1 Å². The summed E-state index contributed by atoms with van der Waals surface area (Å²) in [7, 11) is 1.27. The van der Waals surface area contributed by atoms with E-state index in [1.54, 1.807) is 24.4 Å². The molecule has 0 saturated carbocycles. The fourth-order valence-corrected chi connectivity index (χ4v) is 1.08. The smallest absolute Gasteiger partial charge is 0.325 e. The van der Waals surface area contributed by atoms with Crippen LogP contribution in [0.4, 0.5) is 0 Å². The first-order valence-corrected chi connectivity index (χ1v) is 3.86. The van der Waals surface area contributed by atoms with E-state index in [2.05, 4.69) is 10.1 Å². The summed E-state index contributed by atoms with van der Waals surface area (Å²) < 4.78 is 4.50. The van der Waals surface area contributed by atoms with Crippen molar-refractivity contribution in [3.63, 3.8) is 0 Å². The number of carbonyl (C=O) groups is 1. The zero-order valence-electron chi connectivity index (χ0n) is 7.23. The molecule has 68 valence electrons. The van der Waals surface area contributed by atoms with Crippen molar-refractivity contribution in [1.82, 2.24) is 5.32 Å². The normalized spacial score (nSPS) is 21.4. The van der Waals surface area contributed by atoms with E-state index in [1.807, 2.05) is 6.07 Å². The first-order chi connectivity index (χ1) is 6.29. The van der Waals surface area contributed by atoms with E-state index < -0.39 is 11.9 Å². The van der Waals surface area contributed by atoms with E-state index in [0.29, 0.717) is 0 Å². The second-order valence-corrected chi connectivity index (χ2v) is 2.57. The van der Waals surface area contributed by atoms with Crippen LogP contribution in [0.1, 0.15) is 0 Å². The highest BCUT2D eigenvalue weighted by atomic mass is 16.5. The van der Waals surface area contributed by atoms with Gasteiger partial charge in [-0.15, -0.1) is 0 Å². The van der Waals surface area contributed by atoms with Gasteiger partial charge in [-0.3, -0.25) is 4.79 Å². The number of nitrogens with one attached hydrogen (secondary N) is 1. The predicted molar refractivity (Wildman–Crippen MR) is 46.3 cm³/mol. The average molecular weight is 178 g/mol. The molecule has 2 unspecified atom stereocenters. The van der Waals surface area contributed by atoms with Crippen molar-refractivity contribution in [2.24, 2.45) is 5.92 Å². The lowest BCUT2D eigenvalue weighted by Gasteiger charge is -2.18. The SMILES string of the molecule is COC(=O)C(C#N)C1C=CC=CN1. The highest BCUT2D eigenvalue weighted by Gasteiger charge is 2.26. The Morgan fingerprint density at radius 1 is 1.69 bits per heavy atom. The maximum Gasteiger partial charge on any atom is 0.325 e. The molecule has 1 aliphatic rings. The largest absolute Gasteiger partial charge is 0.468 e. The van der Waals surface area contributed by atoms with Gasteiger partial charge in [-0.05, 0) is 12.3 Å². The number of rotatable bonds is 2. The minimum Gasteiger partial charge on any atom is -0.468 e. The van der Waals surface area contributed by atoms with Gasteiger partial charge in [0.2, 0.25) is 0 Å². The van der Waals surface area contributed by atoms with E-state index in [4.69, 9.17) is 5.26 Å². The van der Waals surface area contributed by atoms with E-state index in [9.17, 15) is 4.79 Å². The van der Waals surface area contributed by atoms with Crippen LogP contribution in [0.15, 0.2) is 24.4 Å². The number of allylic oxidation sites excluding steroid dienone is 2. The Morgan fingerprint density at radius 3 is 2.92 bits per heavy atom. The van der Waals surface area contributed by atoms with Crippen LogP contribution >= 0.6 is 0 Å². The third-order valence-corrected chi connectivity index (χ3v) is 1.77. The molecule has 2 atom stereocenters. The highest BCUT2D eigenvalue weighted by Crippen LogP contribution is 2.09. The lowest BCUT2D eigenvalue weighted by atomic mass is 10.00. The Bertz CT molecular complexity index is 288. The minimum atomic E-state index is -0.786. The summed E-state index contributed by atoms with van der Waals surface area (Å²) in [5.74, 6) is -1.30. The maximum absolute atomic E-state index is 11.1. The van der Waals surface area contributed by atoms with Crippen LogP contribution in [0.25, 0.3) is 0 Å². The van der Waals surface area contributed by atoms with Crippen molar-refractivity contribution in [3.05, 3.63) is 24.4 Å². The Kier molecular flexibility index (Phi) is 3.09. The number of nitrogens with zero attached hydrogens (tertiary/aromatic N) is 1. The Labute approximate surface area is 76.5 Å². The number of hydrogen-bond acceptors (Lipinski definition) is 4. The van der Waals surface area contributed by atoms with Crippen LogP contribution in [0, 0.1) is 17.2 Å². The number of ether oxygens (including phenoxy) is 1. The molecular formula is C9H10N2O2. The van der Waals surface area contributed by atoms with Gasteiger partial charge in [0.05, 0.1) is 19.2 Å². The fourth-order valence-electron chi connectivity index (χ4n) is 1.08. The van der Waals surface area contributed by atoms with Crippen molar-refractivity contribution in [3.8, 4) is 6.07 Å². The molecule has 4 heteroatoms. The van der Waals surface area contributed by atoms with Crippen molar-refractivity contribution < 1.29 is 9.53 Å². The van der Waals surface area contributed by atoms with Crippen LogP contribution in [-0.2, 0) is 9.53 Å². The molecule has 0 aromatic heterocycles. The van der Waals surface area contributed by atoms with Gasteiger partial charge in [-0.2, -0.15) is 5.26 Å². The molecule has 1 heterocycles. The van der Waals surface area contributed by atoms with E-state index >= 15 is 0 Å². The summed E-state index contributed by atoms with van der Waals surface area (Å²) in [6, 6.07) is 1.61. The van der Waals surface area contributed by atoms with Crippen LogP contribution in [-0.4, -0.2) is 19.1 Å². The molecule has 1 aliphatic heterocycles. The summed E-state index contributed by atoms with van der Waals surface area (Å²) in [6.07, 6.45) is 7.03. The second kappa shape index (κ2) is 4.31. The van der Waals surface area contributed by atoms with Gasteiger partial charge >= 0.3 is 5.97 Å². The molecule has 0 bridgehead atoms. The molecule has 0 saturated heterocycles. The van der Waals surface area contributed by atoms with Crippen LogP contribution < -0.4 is 5.32 Å². The molecule has 1 N–H and O–H groups in total. The molecule has 0 amide bonds. The highest BCUT2D eigenvalue weighted by molar-refractivity contribution is 5.76. The molecule has 13 heavy (non-hydrogen) atoms. The van der Waals surface area contributed by atoms with Crippen molar-refractivity contribution in [2.75, 3.05) is 7.11 Å². The second-order valence-electron chi connectivity index (χ2n) is 2.57. The third kappa shape index (κ3) is 2.09. The molecule has 0 fully saturated rings. The minimum absolute atomic E-state index is 0.289. The summed E-state index contributed by atoms with van der Waals surface area (Å²) in [5, 5.41) is 11.6. The number of carbonyl (C=O) groups excluding carboxylic acids is 1. The average Bonchev–Trinajstić information content (AvgIpc) is 2.20. The van der Waals surface area contributed by atoms with Crippen molar-refractivity contribution in [2.45, 2.75) is 6.04 Å². The van der Waals surface area contributed by atoms with Gasteiger partial charge in [-0.1, -0.05) is 12.2 Å². The zero-order chi connectivity index (χ0) is 9.68. The Morgan fingerprint density at radius 2 is 2.46 bits per heavy atom. The number of nitriles is 1. The lowest BCUT2D eigenvalue weighted by Crippen LogP contribution is -2.36. The topological polar surface area (TPSA) is 62.1 Å². The standard InChI is InChI=1S/C9H10N2O2/c1-13-9(12)7(6-10)8-4-2-3-5-11-8/h2-5,7-8,11H,1H3. The fraction of sp³-hybridized carbons (Fsp3) is 0.333. The van der Waals surface area contributed by atoms with Gasteiger partial charge in [-0.25, -0.2) is 0 Å². The van der Waals surface area contributed by atoms with Gasteiger partial charge in [0.1, 0.15) is 0 Å². The molecule has 1 rings (SSSR count). The summed E-state index contributed by atoms with van der Waals surface area (Å²) in [4.78, 5) is 11.1. The first-order valence-electron chi connectivity index (χ1n) is 3.86. The monoisotopic (exact) mass is 178 g/mol. The molecule has 0 aliphatic carbocycles. The molecule has 0 spiro atoms. The first kappa shape index (κ1) is 9.33. The van der Waals surface area contributed by atoms with Gasteiger partial charge in [0.15, 0.2) is 5.92 Å². The molecule has 0 aromatic rings. The summed E-state index contributed by atoms with van der Waals surface area (Å²) in [5.41, 5.74) is 0. The van der Waals surface area contributed by atoms with E-state index in [1.165, 1.54) is 7.11 Å². The molecule has 0 radical (unpaired) electrons. The van der Waals surface area contributed by atoms with E-state index in [0.717, 1.165) is 0 Å². The lowest BCUT2D eigenvalue weighted by molar-refractivity contribution is -0.143. The molecule has 4 nitrogen and oxygen atoms in total. The van der Waals surface area contributed by atoms with Crippen LogP contribution in [0.3, 0.4) is 0 Å². The van der Waals surface area contributed by atoms with Gasteiger partial charge in [0, 0.05) is 0 Å². The Hall–Kier alpha value is -1.76. The molecular weight excluding hydrogens is 168 g/mol. The summed E-state index contributed by atoms with van der Waals surface area (Å²) in [6.45, 7) is 0. The third-order valence-electron chi connectivity index (χ3n) is 1.77. The quantitative estimate of drug-likeness (QED) is 0.619. The maximum atomic E-state index is 11.1. The predicted octanol–water partition coefficient (Wildman–Crippen LogP) is 0.341. The van der Waals surface area contributed by atoms with Crippen molar-refractivity contribution >= 4 is 5.97 Å². The Balaban J connectivity index is 2.68. The molecule has 0 aromatic carbocycles.